The van der Waals surface area contributed by atoms with Gasteiger partial charge in [-0.25, -0.2) is 0 Å². The smallest absolute Gasteiger partial charge is 0.251 e. The van der Waals surface area contributed by atoms with Crippen molar-refractivity contribution >= 4 is 35.8 Å². The maximum absolute atomic E-state index is 11.8. The Morgan fingerprint density at radius 1 is 1.32 bits per heavy atom. The number of amides is 3. The number of carbonyl (C=O) groups is 4. The summed E-state index contributed by atoms with van der Waals surface area (Å²) in [6, 6.07) is -2.69. The van der Waals surface area contributed by atoms with E-state index in [1.165, 1.54) is 0 Å². The van der Waals surface area contributed by atoms with Crippen LogP contribution in [0.4, 0.5) is 4.79 Å². The molecule has 0 bridgehead atoms. The Morgan fingerprint density at radius 2 is 1.91 bits per heavy atom. The van der Waals surface area contributed by atoms with E-state index < -0.39 is 36.0 Å². The first kappa shape index (κ1) is 19.8. The van der Waals surface area contributed by atoms with Crippen molar-refractivity contribution in [3.8, 4) is 0 Å². The van der Waals surface area contributed by atoms with Crippen molar-refractivity contribution in [3.05, 3.63) is 4.91 Å². The van der Waals surface area contributed by atoms with Gasteiger partial charge in [-0.1, -0.05) is 0 Å². The van der Waals surface area contributed by atoms with Crippen molar-refractivity contribution in [2.45, 2.75) is 24.9 Å². The molecule has 0 saturated carbocycles. The molecule has 22 heavy (non-hydrogen) atoms. The number of aliphatic carboxylic acids is 1. The van der Waals surface area contributed by atoms with Crippen molar-refractivity contribution in [1.29, 1.82) is 0 Å². The van der Waals surface area contributed by atoms with Gasteiger partial charge in [-0.2, -0.15) is 0 Å². The maximum Gasteiger partial charge on any atom is 0.251 e. The van der Waals surface area contributed by atoms with Gasteiger partial charge in [0.15, 0.2) is 0 Å². The monoisotopic (exact) mass is 334 g/mol. The van der Waals surface area contributed by atoms with Crippen molar-refractivity contribution in [3.63, 3.8) is 0 Å². The molecule has 0 aliphatic heterocycles. The lowest BCUT2D eigenvalue weighted by molar-refractivity contribution is -0.307. The van der Waals surface area contributed by atoms with Gasteiger partial charge in [-0.3, -0.25) is 14.5 Å². The first-order valence-electron chi connectivity index (χ1n) is 5.89. The highest BCUT2D eigenvalue weighted by Gasteiger charge is 2.25. The van der Waals surface area contributed by atoms with Crippen LogP contribution in [0.5, 0.6) is 0 Å². The van der Waals surface area contributed by atoms with Gasteiger partial charge in [0.05, 0.1) is 5.97 Å². The molecule has 3 N–H and O–H groups in total. The van der Waals surface area contributed by atoms with Gasteiger partial charge in [0.25, 0.3) is 5.91 Å². The zero-order chi connectivity index (χ0) is 17.3. The molecule has 0 aromatic heterocycles. The third kappa shape index (κ3) is 6.99. The van der Waals surface area contributed by atoms with Gasteiger partial charge in [0.2, 0.25) is 5.91 Å². The average Bonchev–Trinajstić information content (AvgIpc) is 2.46. The Bertz CT molecular complexity index is 459. The van der Waals surface area contributed by atoms with Gasteiger partial charge >= 0.3 is 0 Å². The van der Waals surface area contributed by atoms with Gasteiger partial charge < -0.3 is 30.9 Å². The molecule has 0 spiro atoms. The molecule has 0 rings (SSSR count). The number of rotatable bonds is 9. The second-order valence-electron chi connectivity index (χ2n) is 4.12. The number of hydrogen-bond donors (Lipinski definition) is 2. The molecule has 0 aliphatic carbocycles. The van der Waals surface area contributed by atoms with Crippen molar-refractivity contribution in [2.75, 3.05) is 12.8 Å². The number of nitroso groups, excluding NO2 is 1. The summed E-state index contributed by atoms with van der Waals surface area (Å²) in [4.78, 5) is 54.7. The molecule has 2 atom stereocenters. The average molecular weight is 334 g/mol. The lowest BCUT2D eigenvalue weighted by Crippen LogP contribution is -2.53. The van der Waals surface area contributed by atoms with Gasteiger partial charge in [-0.05, 0) is 6.42 Å². The fraction of sp³-hybridized carbons (Fsp3) is 0.600. The van der Waals surface area contributed by atoms with Crippen LogP contribution in [0, 0.1) is 4.91 Å². The second kappa shape index (κ2) is 9.68. The minimum absolute atomic E-state index is 0.232. The predicted molar refractivity (Wildman–Crippen MR) is 70.6 cm³/mol. The maximum atomic E-state index is 11.8. The summed E-state index contributed by atoms with van der Waals surface area (Å²) in [7, 11) is 0.918. The van der Waals surface area contributed by atoms with E-state index in [4.69, 9.17) is 5.73 Å². The van der Waals surface area contributed by atoms with Crippen LogP contribution in [0.1, 0.15) is 12.8 Å². The van der Waals surface area contributed by atoms with E-state index in [0.717, 1.165) is 7.05 Å². The van der Waals surface area contributed by atoms with E-state index in [9.17, 15) is 34.3 Å². The van der Waals surface area contributed by atoms with Crippen LogP contribution in [-0.4, -0.2) is 53.7 Å². The van der Waals surface area contributed by atoms with Crippen molar-refractivity contribution in [1.82, 2.24) is 10.2 Å². The predicted octanol–water partition coefficient (Wildman–Crippen LogP) is -3.46. The molecule has 12 heteroatoms. The summed E-state index contributed by atoms with van der Waals surface area (Å²) in [5.41, 5.74) is 5.16. The topological polar surface area (TPSA) is 185 Å². The Labute approximate surface area is 129 Å². The lowest BCUT2D eigenvalue weighted by Gasteiger charge is -2.24. The summed E-state index contributed by atoms with van der Waals surface area (Å²) in [6.07, 6.45) is -2.34. The minimum atomic E-state index is -1.78. The van der Waals surface area contributed by atoms with Gasteiger partial charge in [0, 0.05) is 41.8 Å². The quantitative estimate of drug-likeness (QED) is 0.319. The molecular formula is C10H14N4O7S-2. The molecule has 3 amide bonds. The number of likely N-dealkylation sites (N-methyl/N-ethyl adjacent to an activating group) is 1. The van der Waals surface area contributed by atoms with E-state index in [-0.39, 0.29) is 23.5 Å². The van der Waals surface area contributed by atoms with Gasteiger partial charge in [0.1, 0.15) is 12.1 Å². The number of nitrogens with one attached hydrogen (secondary N) is 1. The zero-order valence-corrected chi connectivity index (χ0v) is 12.3. The van der Waals surface area contributed by atoms with Crippen LogP contribution >= 0.6 is 11.9 Å². The Hall–Kier alpha value is -2.21. The number of hydrogen-bond acceptors (Lipinski definition) is 10. The van der Waals surface area contributed by atoms with Crippen LogP contribution in [0.2, 0.25) is 0 Å². The van der Waals surface area contributed by atoms with E-state index in [2.05, 4.69) is 9.90 Å². The van der Waals surface area contributed by atoms with Crippen LogP contribution in [-0.2, 0) is 14.4 Å². The molecular weight excluding hydrogens is 320 g/mol. The Kier molecular flexibility index (Phi) is 8.70. The summed E-state index contributed by atoms with van der Waals surface area (Å²) >= 11 is 0.410. The third-order valence-corrected chi connectivity index (χ3v) is 3.10. The number of carboxylic acids is 1. The van der Waals surface area contributed by atoms with Crippen LogP contribution in [0.3, 0.4) is 0 Å². The van der Waals surface area contributed by atoms with E-state index >= 15 is 0 Å². The molecule has 0 heterocycles. The molecule has 11 nitrogen and oxygen atoms in total. The van der Waals surface area contributed by atoms with Gasteiger partial charge in [-0.15, -0.1) is 4.91 Å². The Morgan fingerprint density at radius 3 is 2.36 bits per heavy atom. The lowest BCUT2D eigenvalue weighted by atomic mass is 10.1. The first-order valence-corrected chi connectivity index (χ1v) is 6.83. The molecule has 0 fully saturated rings. The molecule has 0 aromatic rings. The molecule has 0 aliphatic rings. The third-order valence-electron chi connectivity index (χ3n) is 2.52. The molecule has 0 radical (unpaired) electrons. The fourth-order valence-corrected chi connectivity index (χ4v) is 1.71. The summed E-state index contributed by atoms with van der Waals surface area (Å²) in [5, 5.41) is 23.2. The molecule has 2 unspecified atom stereocenters. The summed E-state index contributed by atoms with van der Waals surface area (Å²) < 4.78 is 2.44. The minimum Gasteiger partial charge on any atom is -0.548 e. The molecule has 0 saturated heterocycles. The zero-order valence-electron chi connectivity index (χ0n) is 11.5. The first-order chi connectivity index (χ1) is 10.2. The van der Waals surface area contributed by atoms with Crippen LogP contribution < -0.4 is 21.3 Å². The van der Waals surface area contributed by atoms with Crippen LogP contribution in [0.15, 0.2) is 4.58 Å². The van der Waals surface area contributed by atoms with Crippen molar-refractivity contribution < 1.29 is 29.4 Å². The normalized spacial score (nSPS) is 12.8. The summed E-state index contributed by atoms with van der Waals surface area (Å²) in [6.45, 7) is 0. The van der Waals surface area contributed by atoms with Crippen molar-refractivity contribution in [2.24, 2.45) is 10.3 Å². The van der Waals surface area contributed by atoms with E-state index in [1.807, 2.05) is 0 Å². The molecule has 0 aromatic carbocycles. The molecule has 124 valence electrons. The standard InChI is InChI=1S/C10H16N4O7S/c1-14(10(19)20)8(16)6(4-22-13-21)12-7(15)3-2-5(11)9(17)18/h5-6H,2-4,11H2,1H3,(H,12,15)(H,17,18)(H,19,20)/p-2. The highest BCUT2D eigenvalue weighted by molar-refractivity contribution is 7.97. The fourth-order valence-electron chi connectivity index (χ4n) is 1.27. The number of carbonyl (C=O) groups excluding carboxylic acids is 4. The number of carboxylic acid groups (broad SMARTS) is 2. The highest BCUT2D eigenvalue weighted by Crippen LogP contribution is 2.07. The Balaban J connectivity index is 4.67. The van der Waals surface area contributed by atoms with E-state index in [1.54, 1.807) is 0 Å². The van der Waals surface area contributed by atoms with Crippen LogP contribution in [0.25, 0.3) is 0 Å². The number of nitrogens with zero attached hydrogens (tertiary/aromatic N) is 2. The highest BCUT2D eigenvalue weighted by atomic mass is 32.2. The SMILES string of the molecule is CN(C(=O)[O-])C(=O)C(CSN=O)NC(=O)CCC(N)C(=O)[O-]. The number of nitrogens with two attached hydrogens (primary N) is 1. The second-order valence-corrected chi connectivity index (χ2v) is 4.86. The van der Waals surface area contributed by atoms with E-state index in [0.29, 0.717) is 11.9 Å². The number of imide groups is 1. The summed E-state index contributed by atoms with van der Waals surface area (Å²) in [5.74, 6) is -3.59. The largest absolute Gasteiger partial charge is 0.548 e.